The Kier molecular flexibility index (Phi) is 34.9. The molecule has 50 heavy (non-hydrogen) atoms. The second kappa shape index (κ2) is 36.5. The summed E-state index contributed by atoms with van der Waals surface area (Å²) in [6, 6.07) is 0. The highest BCUT2D eigenvalue weighted by Gasteiger charge is 2.24. The van der Waals surface area contributed by atoms with Gasteiger partial charge in [0.1, 0.15) is 6.61 Å². The van der Waals surface area contributed by atoms with E-state index in [4.69, 9.17) is 14.0 Å². The summed E-state index contributed by atoms with van der Waals surface area (Å²) >= 11 is 0. The molecular weight excluding hydrogens is 651 g/mol. The molecule has 0 radical (unpaired) electrons. The lowest BCUT2D eigenvalue weighted by Gasteiger charge is -2.19. The molecule has 0 heterocycles. The Balaban J connectivity index is 4.13. The molecule has 1 N–H and O–H groups in total. The van der Waals surface area contributed by atoms with Crippen LogP contribution >= 0.6 is 7.82 Å². The summed E-state index contributed by atoms with van der Waals surface area (Å²) in [4.78, 5) is 34.4. The first kappa shape index (κ1) is 47.8. The van der Waals surface area contributed by atoms with Crippen molar-refractivity contribution in [2.75, 3.05) is 20.3 Å². The quantitative estimate of drug-likeness (QED) is 0.0298. The van der Waals surface area contributed by atoms with Crippen LogP contribution < -0.4 is 0 Å². The van der Waals surface area contributed by atoms with E-state index in [1.165, 1.54) is 38.5 Å². The number of hydrogen-bond acceptors (Lipinski definition) is 7. The molecule has 0 aliphatic heterocycles. The van der Waals surface area contributed by atoms with Gasteiger partial charge in [0.2, 0.25) is 0 Å². The van der Waals surface area contributed by atoms with Crippen molar-refractivity contribution < 1.29 is 37.6 Å². The normalized spacial score (nSPS) is 14.1. The highest BCUT2D eigenvalue weighted by atomic mass is 31.2. The van der Waals surface area contributed by atoms with Crippen LogP contribution in [0.2, 0.25) is 0 Å². The molecule has 0 aliphatic rings. The van der Waals surface area contributed by atoms with E-state index in [9.17, 15) is 19.0 Å². The Morgan fingerprint density at radius 2 is 1.02 bits per heavy atom. The van der Waals surface area contributed by atoms with Crippen molar-refractivity contribution in [3.05, 3.63) is 60.8 Å². The van der Waals surface area contributed by atoms with Crippen molar-refractivity contribution in [2.24, 2.45) is 0 Å². The van der Waals surface area contributed by atoms with Gasteiger partial charge in [-0.1, -0.05) is 132 Å². The molecule has 0 aromatic carbocycles. The van der Waals surface area contributed by atoms with Crippen LogP contribution in [-0.4, -0.2) is 43.3 Å². The minimum absolute atomic E-state index is 0.213. The molecule has 0 aliphatic carbocycles. The molecule has 0 saturated heterocycles. The molecule has 9 heteroatoms. The van der Waals surface area contributed by atoms with Gasteiger partial charge in [0.25, 0.3) is 0 Å². The van der Waals surface area contributed by atoms with Crippen molar-refractivity contribution in [1.82, 2.24) is 0 Å². The van der Waals surface area contributed by atoms with Gasteiger partial charge in [0, 0.05) is 20.0 Å². The van der Waals surface area contributed by atoms with E-state index in [0.29, 0.717) is 6.42 Å². The predicted octanol–water partition coefficient (Wildman–Crippen LogP) is 12.0. The van der Waals surface area contributed by atoms with Gasteiger partial charge < -0.3 is 14.4 Å². The Morgan fingerprint density at radius 3 is 1.54 bits per heavy atom. The molecule has 2 atom stereocenters. The number of carbonyl (C=O) groups is 2. The molecule has 0 amide bonds. The van der Waals surface area contributed by atoms with Gasteiger partial charge in [-0.15, -0.1) is 0 Å². The average molecular weight is 723 g/mol. The van der Waals surface area contributed by atoms with Gasteiger partial charge in [-0.2, -0.15) is 0 Å². The van der Waals surface area contributed by atoms with Crippen molar-refractivity contribution in [3.63, 3.8) is 0 Å². The maximum atomic E-state index is 12.5. The number of unbranched alkanes of at least 4 members (excludes halogenated alkanes) is 14. The molecule has 2 unspecified atom stereocenters. The summed E-state index contributed by atoms with van der Waals surface area (Å²) < 4.78 is 31.9. The molecule has 0 aromatic rings. The monoisotopic (exact) mass is 722 g/mol. The number of carbonyl (C=O) groups excluding carboxylic acids is 2. The highest BCUT2D eigenvalue weighted by Crippen LogP contribution is 2.42. The number of allylic oxidation sites excluding steroid dienone is 10. The van der Waals surface area contributed by atoms with Crippen molar-refractivity contribution in [3.8, 4) is 0 Å². The Bertz CT molecular complexity index is 1000. The van der Waals surface area contributed by atoms with Crippen molar-refractivity contribution in [2.45, 2.75) is 168 Å². The fraction of sp³-hybridized carbons (Fsp3) is 0.707. The summed E-state index contributed by atoms with van der Waals surface area (Å²) in [6.45, 7) is 3.72. The zero-order valence-corrected chi connectivity index (χ0v) is 32.7. The van der Waals surface area contributed by atoms with E-state index in [0.717, 1.165) is 97.0 Å². The molecule has 0 aromatic heterocycles. The molecule has 288 valence electrons. The van der Waals surface area contributed by atoms with Crippen LogP contribution in [0.4, 0.5) is 0 Å². The maximum Gasteiger partial charge on any atom is 0.472 e. The van der Waals surface area contributed by atoms with Crippen molar-refractivity contribution in [1.29, 1.82) is 0 Å². The molecule has 0 spiro atoms. The van der Waals surface area contributed by atoms with E-state index >= 15 is 0 Å². The predicted molar refractivity (Wildman–Crippen MR) is 207 cm³/mol. The number of rotatable bonds is 35. The number of esters is 2. The van der Waals surface area contributed by atoms with Crippen LogP contribution in [0.1, 0.15) is 162 Å². The lowest BCUT2D eigenvalue weighted by molar-refractivity contribution is -0.161. The Hall–Kier alpha value is -2.25. The van der Waals surface area contributed by atoms with E-state index in [1.807, 2.05) is 0 Å². The van der Waals surface area contributed by atoms with E-state index in [-0.39, 0.29) is 25.4 Å². The average Bonchev–Trinajstić information content (AvgIpc) is 3.10. The van der Waals surface area contributed by atoms with Crippen LogP contribution in [0.5, 0.6) is 0 Å². The largest absolute Gasteiger partial charge is 0.472 e. The maximum absolute atomic E-state index is 12.5. The number of phosphoric acid groups is 1. The van der Waals surface area contributed by atoms with Crippen LogP contribution in [0, 0.1) is 0 Å². The van der Waals surface area contributed by atoms with Gasteiger partial charge >= 0.3 is 19.8 Å². The lowest BCUT2D eigenvalue weighted by atomic mass is 10.1. The third-order valence-electron chi connectivity index (χ3n) is 8.00. The second-order valence-corrected chi connectivity index (χ2v) is 14.2. The Labute approximate surface area is 305 Å². The van der Waals surface area contributed by atoms with Crippen LogP contribution in [-0.2, 0) is 32.7 Å². The number of phosphoric ester groups is 1. The molecule has 8 nitrogen and oxygen atoms in total. The molecular formula is C41H71O8P. The van der Waals surface area contributed by atoms with Gasteiger partial charge in [-0.05, 0) is 77.0 Å². The standard InChI is InChI=1S/C41H71O8P/c1-4-6-8-10-12-14-16-18-20-21-22-24-26-28-30-32-34-36-41(43)49-39(38-48-50(44,45)46-3)37-47-40(42)35-33-31-29-27-25-23-19-17-15-13-11-9-7-5-2/h6,8,12,14,17-20,22,24,39H,4-5,7,9-11,13,15-16,21,23,25-38H2,1-3H3,(H,44,45)/b8-6-,14-12-,19-17-,20-18-,24-22-. The lowest BCUT2D eigenvalue weighted by Crippen LogP contribution is -2.29. The summed E-state index contributed by atoms with van der Waals surface area (Å²) in [7, 11) is -3.22. The smallest absolute Gasteiger partial charge is 0.462 e. The SMILES string of the molecule is CC/C=C\C/C=C\C/C=C\C/C=C\CCCCCCC(=O)OC(COC(=O)CCCCCCC/C=C\CCCCCCC)COP(=O)(O)OC. The second-order valence-electron chi connectivity index (χ2n) is 12.7. The van der Waals surface area contributed by atoms with Crippen LogP contribution in [0.25, 0.3) is 0 Å². The first-order valence-corrected chi connectivity index (χ1v) is 21.0. The van der Waals surface area contributed by atoms with Crippen LogP contribution in [0.15, 0.2) is 60.8 Å². The zero-order valence-electron chi connectivity index (χ0n) is 31.8. The highest BCUT2D eigenvalue weighted by molar-refractivity contribution is 7.47. The molecule has 0 bridgehead atoms. The summed E-state index contributed by atoms with van der Waals surface area (Å²) in [6.07, 6.45) is 44.1. The van der Waals surface area contributed by atoms with Crippen LogP contribution in [0.3, 0.4) is 0 Å². The first-order valence-electron chi connectivity index (χ1n) is 19.5. The van der Waals surface area contributed by atoms with Crippen molar-refractivity contribution >= 4 is 19.8 Å². The van der Waals surface area contributed by atoms with E-state index < -0.39 is 26.5 Å². The summed E-state index contributed by atoms with van der Waals surface area (Å²) in [5, 5.41) is 0. The third kappa shape index (κ3) is 35.6. The topological polar surface area (TPSA) is 108 Å². The summed E-state index contributed by atoms with van der Waals surface area (Å²) in [5.41, 5.74) is 0. The minimum atomic E-state index is -4.27. The third-order valence-corrected chi connectivity index (χ3v) is 8.93. The van der Waals surface area contributed by atoms with Gasteiger partial charge in [-0.25, -0.2) is 4.57 Å². The Morgan fingerprint density at radius 1 is 0.580 bits per heavy atom. The van der Waals surface area contributed by atoms with Gasteiger partial charge in [0.05, 0.1) is 6.61 Å². The fourth-order valence-corrected chi connectivity index (χ4v) is 5.46. The number of hydrogen-bond donors (Lipinski definition) is 1. The fourth-order valence-electron chi connectivity index (χ4n) is 5.00. The van der Waals surface area contributed by atoms with E-state index in [1.54, 1.807) is 0 Å². The van der Waals surface area contributed by atoms with E-state index in [2.05, 4.69) is 79.1 Å². The first-order chi connectivity index (χ1) is 24.3. The van der Waals surface area contributed by atoms with Gasteiger partial charge in [0.15, 0.2) is 6.10 Å². The molecule has 0 rings (SSSR count). The van der Waals surface area contributed by atoms with Gasteiger partial charge in [-0.3, -0.25) is 18.6 Å². The number of ether oxygens (including phenoxy) is 2. The zero-order chi connectivity index (χ0) is 36.8. The molecule has 0 saturated carbocycles. The summed E-state index contributed by atoms with van der Waals surface area (Å²) in [5.74, 6) is -0.847. The molecule has 0 fully saturated rings. The minimum Gasteiger partial charge on any atom is -0.462 e.